The van der Waals surface area contributed by atoms with Crippen molar-refractivity contribution in [2.45, 2.75) is 58.8 Å². The third-order valence-corrected chi connectivity index (χ3v) is 4.48. The third kappa shape index (κ3) is 6.12. The summed E-state index contributed by atoms with van der Waals surface area (Å²) in [4.78, 5) is 4.31. The van der Waals surface area contributed by atoms with Crippen LogP contribution in [-0.4, -0.2) is 39.3 Å². The second-order valence-electron chi connectivity index (χ2n) is 5.82. The molecule has 1 aliphatic rings. The van der Waals surface area contributed by atoms with Gasteiger partial charge in [0.1, 0.15) is 0 Å². The van der Waals surface area contributed by atoms with E-state index in [0.717, 1.165) is 45.1 Å². The predicted molar refractivity (Wildman–Crippen MR) is 86.3 cm³/mol. The second-order valence-corrected chi connectivity index (χ2v) is 5.82. The highest BCUT2D eigenvalue weighted by atomic mass is 16.5. The summed E-state index contributed by atoms with van der Waals surface area (Å²) in [5.41, 5.74) is 0.507. The van der Waals surface area contributed by atoms with E-state index >= 15 is 0 Å². The van der Waals surface area contributed by atoms with Crippen LogP contribution in [0.5, 0.6) is 0 Å². The van der Waals surface area contributed by atoms with E-state index in [-0.39, 0.29) is 0 Å². The zero-order valence-corrected chi connectivity index (χ0v) is 13.6. The lowest BCUT2D eigenvalue weighted by molar-refractivity contribution is 0.143. The van der Waals surface area contributed by atoms with E-state index in [0.29, 0.717) is 5.41 Å². The van der Waals surface area contributed by atoms with Gasteiger partial charge in [-0.25, -0.2) is 0 Å². The molecular formula is C16H33N3O. The first-order chi connectivity index (χ1) is 9.76. The SMILES string of the molecule is CCOCCCCNC(=NC)NCC1(CC)CCCC1. The lowest BCUT2D eigenvalue weighted by Gasteiger charge is -2.28. The maximum atomic E-state index is 5.34. The van der Waals surface area contributed by atoms with Gasteiger partial charge in [0, 0.05) is 33.4 Å². The molecule has 0 amide bonds. The Morgan fingerprint density at radius 2 is 1.90 bits per heavy atom. The first-order valence-corrected chi connectivity index (χ1v) is 8.28. The van der Waals surface area contributed by atoms with E-state index in [1.54, 1.807) is 0 Å². The Hall–Kier alpha value is -0.770. The summed E-state index contributed by atoms with van der Waals surface area (Å²) in [5, 5.41) is 6.91. The van der Waals surface area contributed by atoms with Crippen LogP contribution in [-0.2, 0) is 4.74 Å². The van der Waals surface area contributed by atoms with E-state index in [9.17, 15) is 0 Å². The molecule has 0 aliphatic heterocycles. The normalized spacial score (nSPS) is 18.2. The number of unbranched alkanes of at least 4 members (excludes halogenated alkanes) is 1. The Morgan fingerprint density at radius 3 is 2.50 bits per heavy atom. The highest BCUT2D eigenvalue weighted by Crippen LogP contribution is 2.40. The summed E-state index contributed by atoms with van der Waals surface area (Å²) < 4.78 is 5.34. The summed E-state index contributed by atoms with van der Waals surface area (Å²) in [6.45, 7) is 8.06. The number of guanidine groups is 1. The molecule has 1 rings (SSSR count). The molecule has 118 valence electrons. The van der Waals surface area contributed by atoms with Crippen LogP contribution in [0.25, 0.3) is 0 Å². The van der Waals surface area contributed by atoms with Crippen LogP contribution >= 0.6 is 0 Å². The zero-order chi connectivity index (χ0) is 14.7. The van der Waals surface area contributed by atoms with E-state index in [4.69, 9.17) is 4.74 Å². The van der Waals surface area contributed by atoms with E-state index in [2.05, 4.69) is 22.5 Å². The summed E-state index contributed by atoms with van der Waals surface area (Å²) in [7, 11) is 1.85. The number of hydrogen-bond acceptors (Lipinski definition) is 2. The van der Waals surface area contributed by atoms with Crippen molar-refractivity contribution in [2.24, 2.45) is 10.4 Å². The highest BCUT2D eigenvalue weighted by molar-refractivity contribution is 5.79. The maximum Gasteiger partial charge on any atom is 0.190 e. The highest BCUT2D eigenvalue weighted by Gasteiger charge is 2.31. The molecule has 1 fully saturated rings. The molecule has 4 heteroatoms. The van der Waals surface area contributed by atoms with Crippen LogP contribution in [0.3, 0.4) is 0 Å². The Labute approximate surface area is 124 Å². The molecule has 20 heavy (non-hydrogen) atoms. The minimum Gasteiger partial charge on any atom is -0.382 e. The van der Waals surface area contributed by atoms with Gasteiger partial charge >= 0.3 is 0 Å². The van der Waals surface area contributed by atoms with Crippen molar-refractivity contribution in [3.05, 3.63) is 0 Å². The molecule has 0 aromatic rings. The van der Waals surface area contributed by atoms with Gasteiger partial charge in [0.05, 0.1) is 0 Å². The number of aliphatic imine (C=N–C) groups is 1. The fourth-order valence-electron chi connectivity index (χ4n) is 2.95. The van der Waals surface area contributed by atoms with Gasteiger partial charge in [-0.1, -0.05) is 19.8 Å². The lowest BCUT2D eigenvalue weighted by atomic mass is 9.83. The van der Waals surface area contributed by atoms with Crippen LogP contribution in [0.2, 0.25) is 0 Å². The minimum atomic E-state index is 0.507. The number of nitrogens with one attached hydrogen (secondary N) is 2. The van der Waals surface area contributed by atoms with Gasteiger partial charge in [-0.05, 0) is 44.4 Å². The first-order valence-electron chi connectivity index (χ1n) is 8.28. The molecule has 0 unspecified atom stereocenters. The van der Waals surface area contributed by atoms with Gasteiger partial charge < -0.3 is 15.4 Å². The monoisotopic (exact) mass is 283 g/mol. The smallest absolute Gasteiger partial charge is 0.190 e. The molecule has 4 nitrogen and oxygen atoms in total. The molecular weight excluding hydrogens is 250 g/mol. The summed E-state index contributed by atoms with van der Waals surface area (Å²) >= 11 is 0. The standard InChI is InChI=1S/C16H33N3O/c1-4-16(10-6-7-11-16)14-19-15(17-3)18-12-8-9-13-20-5-2/h4-14H2,1-3H3,(H2,17,18,19). The van der Waals surface area contributed by atoms with Crippen LogP contribution in [0.1, 0.15) is 58.8 Å². The number of nitrogens with zero attached hydrogens (tertiary/aromatic N) is 1. The molecule has 0 radical (unpaired) electrons. The topological polar surface area (TPSA) is 45.6 Å². The summed E-state index contributed by atoms with van der Waals surface area (Å²) in [6.07, 6.45) is 9.00. The van der Waals surface area contributed by atoms with Crippen LogP contribution in [0.15, 0.2) is 4.99 Å². The van der Waals surface area contributed by atoms with Gasteiger partial charge in [-0.15, -0.1) is 0 Å². The fourth-order valence-corrected chi connectivity index (χ4v) is 2.95. The van der Waals surface area contributed by atoms with Gasteiger partial charge in [0.15, 0.2) is 5.96 Å². The summed E-state index contributed by atoms with van der Waals surface area (Å²) in [6, 6.07) is 0. The molecule has 2 N–H and O–H groups in total. The maximum absolute atomic E-state index is 5.34. The molecule has 0 bridgehead atoms. The van der Waals surface area contributed by atoms with Crippen molar-refractivity contribution >= 4 is 5.96 Å². The largest absolute Gasteiger partial charge is 0.382 e. The van der Waals surface area contributed by atoms with Crippen molar-refractivity contribution in [3.63, 3.8) is 0 Å². The molecule has 0 saturated heterocycles. The van der Waals surface area contributed by atoms with Crippen molar-refractivity contribution in [3.8, 4) is 0 Å². The molecule has 0 heterocycles. The van der Waals surface area contributed by atoms with Crippen LogP contribution in [0, 0.1) is 5.41 Å². The Morgan fingerprint density at radius 1 is 1.15 bits per heavy atom. The van der Waals surface area contributed by atoms with E-state index < -0.39 is 0 Å². The van der Waals surface area contributed by atoms with Gasteiger partial charge in [-0.3, -0.25) is 4.99 Å². The molecule has 1 aliphatic carbocycles. The van der Waals surface area contributed by atoms with Crippen LogP contribution in [0.4, 0.5) is 0 Å². The van der Waals surface area contributed by atoms with E-state index in [1.807, 2.05) is 14.0 Å². The van der Waals surface area contributed by atoms with Crippen molar-refractivity contribution in [2.75, 3.05) is 33.4 Å². The Kier molecular flexibility index (Phi) is 8.67. The third-order valence-electron chi connectivity index (χ3n) is 4.48. The number of rotatable bonds is 9. The average molecular weight is 283 g/mol. The molecule has 0 atom stereocenters. The molecule has 0 aromatic heterocycles. The van der Waals surface area contributed by atoms with Crippen molar-refractivity contribution in [1.82, 2.24) is 10.6 Å². The van der Waals surface area contributed by atoms with E-state index in [1.165, 1.54) is 32.1 Å². The van der Waals surface area contributed by atoms with Gasteiger partial charge in [0.2, 0.25) is 0 Å². The first kappa shape index (κ1) is 17.3. The zero-order valence-electron chi connectivity index (χ0n) is 13.6. The summed E-state index contributed by atoms with van der Waals surface area (Å²) in [5.74, 6) is 0.945. The average Bonchev–Trinajstić information content (AvgIpc) is 2.95. The quantitative estimate of drug-likeness (QED) is 0.388. The second kappa shape index (κ2) is 10.0. The lowest BCUT2D eigenvalue weighted by Crippen LogP contribution is -2.43. The fraction of sp³-hybridized carbons (Fsp3) is 0.938. The number of hydrogen-bond donors (Lipinski definition) is 2. The Balaban J connectivity index is 2.16. The van der Waals surface area contributed by atoms with Crippen LogP contribution < -0.4 is 10.6 Å². The molecule has 0 spiro atoms. The molecule has 0 aromatic carbocycles. The predicted octanol–water partition coefficient (Wildman–Crippen LogP) is 2.94. The van der Waals surface area contributed by atoms with Gasteiger partial charge in [0.25, 0.3) is 0 Å². The molecule has 1 saturated carbocycles. The minimum absolute atomic E-state index is 0.507. The van der Waals surface area contributed by atoms with Crippen molar-refractivity contribution < 1.29 is 4.74 Å². The number of ether oxygens (including phenoxy) is 1. The van der Waals surface area contributed by atoms with Crippen molar-refractivity contribution in [1.29, 1.82) is 0 Å². The Bertz CT molecular complexity index is 273. The van der Waals surface area contributed by atoms with Gasteiger partial charge in [-0.2, -0.15) is 0 Å².